The van der Waals surface area contributed by atoms with Crippen LogP contribution in [0.3, 0.4) is 0 Å². The topological polar surface area (TPSA) is 112 Å². The predicted octanol–water partition coefficient (Wildman–Crippen LogP) is 1.79. The Bertz CT molecular complexity index is 1360. The number of carbonyl (C=O) groups excluding carboxylic acids is 2. The molecule has 184 valence electrons. The maximum atomic E-state index is 16.0. The molecule has 35 heavy (non-hydrogen) atoms. The van der Waals surface area contributed by atoms with E-state index in [4.69, 9.17) is 0 Å². The van der Waals surface area contributed by atoms with Crippen LogP contribution in [0, 0.1) is 11.6 Å². The van der Waals surface area contributed by atoms with Crippen LogP contribution in [0.25, 0.3) is 16.6 Å². The van der Waals surface area contributed by atoms with Gasteiger partial charge in [0.2, 0.25) is 5.43 Å². The number of aliphatic hydroxyl groups excluding tert-OH is 1. The van der Waals surface area contributed by atoms with E-state index in [1.165, 1.54) is 24.3 Å². The number of carbonyl (C=O) groups is 2. The number of halogens is 2. The van der Waals surface area contributed by atoms with E-state index in [0.29, 0.717) is 26.2 Å². The van der Waals surface area contributed by atoms with Crippen LogP contribution in [0.5, 0.6) is 5.75 Å². The van der Waals surface area contributed by atoms with Crippen molar-refractivity contribution in [3.05, 3.63) is 63.9 Å². The first-order valence-corrected chi connectivity index (χ1v) is 10.8. The molecule has 0 spiro atoms. The molecule has 0 radical (unpaired) electrons. The number of aliphatic hydroxyl groups is 1. The van der Waals surface area contributed by atoms with Gasteiger partial charge in [-0.25, -0.2) is 18.4 Å². The number of phenolic OH excluding ortho intramolecular Hbond substituents is 1. The zero-order chi connectivity index (χ0) is 25.4. The zero-order valence-electron chi connectivity index (χ0n) is 19.0. The van der Waals surface area contributed by atoms with Gasteiger partial charge in [-0.2, -0.15) is 0 Å². The fraction of sp³-hybridized carbons (Fsp3) is 0.292. The van der Waals surface area contributed by atoms with Gasteiger partial charge >= 0.3 is 11.9 Å². The van der Waals surface area contributed by atoms with E-state index in [1.54, 1.807) is 4.90 Å². The number of nitrogens with zero attached hydrogens (tertiary/aromatic N) is 3. The number of hydrogen-bond acceptors (Lipinski definition) is 8. The fourth-order valence-electron chi connectivity index (χ4n) is 3.92. The van der Waals surface area contributed by atoms with E-state index in [9.17, 15) is 24.6 Å². The van der Waals surface area contributed by atoms with Gasteiger partial charge < -0.3 is 29.3 Å². The predicted molar refractivity (Wildman–Crippen MR) is 123 cm³/mol. The summed E-state index contributed by atoms with van der Waals surface area (Å²) in [7, 11) is 1.90. The van der Waals surface area contributed by atoms with E-state index in [0.717, 1.165) is 23.8 Å². The number of anilines is 1. The van der Waals surface area contributed by atoms with Crippen molar-refractivity contribution in [3.8, 4) is 11.4 Å². The Labute approximate surface area is 198 Å². The largest absolute Gasteiger partial charge is 0.508 e. The minimum Gasteiger partial charge on any atom is -0.508 e. The minimum absolute atomic E-state index is 0.0779. The molecule has 11 heteroatoms. The van der Waals surface area contributed by atoms with E-state index in [-0.39, 0.29) is 22.6 Å². The Kier molecular flexibility index (Phi) is 6.55. The maximum absolute atomic E-state index is 16.0. The lowest BCUT2D eigenvalue weighted by Gasteiger charge is -2.34. The number of esters is 2. The van der Waals surface area contributed by atoms with Crippen LogP contribution in [0.1, 0.15) is 17.3 Å². The van der Waals surface area contributed by atoms with E-state index in [2.05, 4.69) is 4.74 Å². The standard InChI is InChI=1S/C24H23F2N3O6/c1-13(30)23(33)35-24(34)17-12-29(14-3-5-15(31)6-4-14)20-16(22(17)32)11-18(25)21(19(20)26)28-9-7-27(2)8-10-28/h3-6,11-13,30-31H,7-10H2,1-2H3. The summed E-state index contributed by atoms with van der Waals surface area (Å²) >= 11 is 0. The van der Waals surface area contributed by atoms with Crippen LogP contribution in [0.4, 0.5) is 14.5 Å². The number of aromatic hydroxyl groups is 1. The number of aromatic nitrogens is 1. The van der Waals surface area contributed by atoms with Gasteiger partial charge in [-0.1, -0.05) is 0 Å². The summed E-state index contributed by atoms with van der Waals surface area (Å²) in [6.45, 7) is 2.99. The Morgan fingerprint density at radius 2 is 1.71 bits per heavy atom. The summed E-state index contributed by atoms with van der Waals surface area (Å²) in [6, 6.07) is 6.31. The van der Waals surface area contributed by atoms with E-state index < -0.39 is 46.1 Å². The lowest BCUT2D eigenvalue weighted by Crippen LogP contribution is -2.45. The summed E-state index contributed by atoms with van der Waals surface area (Å²) in [4.78, 5) is 40.9. The minimum atomic E-state index is -1.63. The molecule has 1 unspecified atom stereocenters. The molecule has 0 bridgehead atoms. The van der Waals surface area contributed by atoms with Gasteiger partial charge in [0.15, 0.2) is 5.82 Å². The molecule has 4 rings (SSSR count). The zero-order valence-corrected chi connectivity index (χ0v) is 19.0. The maximum Gasteiger partial charge on any atom is 0.351 e. The summed E-state index contributed by atoms with van der Waals surface area (Å²) in [5, 5.41) is 18.5. The summed E-state index contributed by atoms with van der Waals surface area (Å²) < 4.78 is 36.9. The molecule has 0 saturated carbocycles. The van der Waals surface area contributed by atoms with Gasteiger partial charge in [0.25, 0.3) is 0 Å². The normalized spacial score (nSPS) is 15.3. The highest BCUT2D eigenvalue weighted by molar-refractivity contribution is 6.00. The van der Waals surface area contributed by atoms with Crippen molar-refractivity contribution < 1.29 is 33.3 Å². The Morgan fingerprint density at radius 3 is 2.31 bits per heavy atom. The third kappa shape index (κ3) is 4.60. The van der Waals surface area contributed by atoms with E-state index in [1.807, 2.05) is 11.9 Å². The van der Waals surface area contributed by atoms with Crippen LogP contribution >= 0.6 is 0 Å². The van der Waals surface area contributed by atoms with Crippen molar-refractivity contribution in [2.45, 2.75) is 13.0 Å². The molecule has 0 amide bonds. The highest BCUT2D eigenvalue weighted by Crippen LogP contribution is 2.32. The van der Waals surface area contributed by atoms with Gasteiger partial charge in [-0.05, 0) is 44.3 Å². The average molecular weight is 487 g/mol. The summed E-state index contributed by atoms with van der Waals surface area (Å²) in [5.74, 6) is -4.70. The van der Waals surface area contributed by atoms with Crippen molar-refractivity contribution in [2.24, 2.45) is 0 Å². The monoisotopic (exact) mass is 487 g/mol. The fourth-order valence-corrected chi connectivity index (χ4v) is 3.92. The SMILES string of the molecule is CC(O)C(=O)OC(=O)c1cn(-c2ccc(O)cc2)c2c(F)c(N3CCN(C)CC3)c(F)cc2c1=O. The van der Waals surface area contributed by atoms with Crippen molar-refractivity contribution >= 4 is 28.5 Å². The molecular weight excluding hydrogens is 464 g/mol. The number of rotatable bonds is 4. The number of likely N-dealkylation sites (N-methyl/N-ethyl adjacent to an activating group) is 1. The third-order valence-corrected chi connectivity index (χ3v) is 5.86. The molecule has 3 aromatic rings. The van der Waals surface area contributed by atoms with E-state index >= 15 is 8.78 Å². The molecule has 1 saturated heterocycles. The Balaban J connectivity index is 1.97. The quantitative estimate of drug-likeness (QED) is 0.423. The van der Waals surface area contributed by atoms with Crippen molar-refractivity contribution in [2.75, 3.05) is 38.1 Å². The molecule has 1 aromatic heterocycles. The number of benzene rings is 2. The molecule has 2 heterocycles. The van der Waals surface area contributed by atoms with Gasteiger partial charge in [0.05, 0.1) is 10.9 Å². The van der Waals surface area contributed by atoms with Gasteiger partial charge in [-0.3, -0.25) is 4.79 Å². The molecule has 0 aliphatic carbocycles. The number of ether oxygens (including phenoxy) is 1. The number of hydrogen-bond donors (Lipinski definition) is 2. The average Bonchev–Trinajstić information content (AvgIpc) is 2.81. The first-order chi connectivity index (χ1) is 16.6. The molecule has 1 aliphatic rings. The smallest absolute Gasteiger partial charge is 0.351 e. The molecule has 2 aromatic carbocycles. The highest BCUT2D eigenvalue weighted by atomic mass is 19.1. The summed E-state index contributed by atoms with van der Waals surface area (Å²) in [5.41, 5.74) is -2.03. The molecule has 1 fully saturated rings. The van der Waals surface area contributed by atoms with Crippen LogP contribution in [-0.2, 0) is 9.53 Å². The van der Waals surface area contributed by atoms with Crippen molar-refractivity contribution in [1.29, 1.82) is 0 Å². The van der Waals surface area contributed by atoms with Crippen molar-refractivity contribution in [3.63, 3.8) is 0 Å². The number of fused-ring (bicyclic) bond motifs is 1. The molecule has 2 N–H and O–H groups in total. The first-order valence-electron chi connectivity index (χ1n) is 10.8. The second kappa shape index (κ2) is 9.43. The highest BCUT2D eigenvalue weighted by Gasteiger charge is 2.28. The Morgan fingerprint density at radius 1 is 1.09 bits per heavy atom. The number of pyridine rings is 1. The van der Waals surface area contributed by atoms with Gasteiger partial charge in [0.1, 0.15) is 28.9 Å². The lowest BCUT2D eigenvalue weighted by molar-refractivity contribution is -0.146. The van der Waals surface area contributed by atoms with Crippen LogP contribution in [-0.4, -0.2) is 70.9 Å². The van der Waals surface area contributed by atoms with Gasteiger partial charge in [-0.15, -0.1) is 0 Å². The molecule has 1 aliphatic heterocycles. The molecule has 1 atom stereocenters. The van der Waals surface area contributed by atoms with Gasteiger partial charge in [0, 0.05) is 38.1 Å². The number of phenols is 1. The molecule has 9 nitrogen and oxygen atoms in total. The second-order valence-corrected chi connectivity index (χ2v) is 8.35. The second-order valence-electron chi connectivity index (χ2n) is 8.35. The molecular formula is C24H23F2N3O6. The van der Waals surface area contributed by atoms with Crippen LogP contribution in [0.15, 0.2) is 41.3 Å². The lowest BCUT2D eigenvalue weighted by atomic mass is 10.1. The first kappa shape index (κ1) is 24.3. The summed E-state index contributed by atoms with van der Waals surface area (Å²) in [6.07, 6.45) is -0.636. The number of piperazine rings is 1. The van der Waals surface area contributed by atoms with Crippen LogP contribution < -0.4 is 10.3 Å². The Hall–Kier alpha value is -3.83. The third-order valence-electron chi connectivity index (χ3n) is 5.86. The van der Waals surface area contributed by atoms with Crippen molar-refractivity contribution in [1.82, 2.24) is 9.47 Å². The van der Waals surface area contributed by atoms with Crippen LogP contribution in [0.2, 0.25) is 0 Å².